The number of alkyl carbamates (subject to hydrolysis) is 2. The molecule has 0 fully saturated rings. The fourth-order valence-electron chi connectivity index (χ4n) is 4.51. The predicted molar refractivity (Wildman–Crippen MR) is 159 cm³/mol. The highest BCUT2D eigenvalue weighted by Gasteiger charge is 2.29. The second-order valence-corrected chi connectivity index (χ2v) is 10.7. The minimum atomic E-state index is -1.41. The molecule has 224 valence electrons. The van der Waals surface area contributed by atoms with E-state index in [-0.39, 0.29) is 24.9 Å². The lowest BCUT2D eigenvalue weighted by atomic mass is 9.98. The maximum absolute atomic E-state index is 12.4. The number of amides is 3. The fraction of sp³-hybridized carbons (Fsp3) is 0.258. The lowest BCUT2D eigenvalue weighted by Crippen LogP contribution is -2.47. The molecule has 43 heavy (non-hydrogen) atoms. The molecule has 1 aliphatic carbocycles. The lowest BCUT2D eigenvalue weighted by molar-refractivity contribution is -0.140. The second kappa shape index (κ2) is 14.9. The van der Waals surface area contributed by atoms with Gasteiger partial charge in [-0.1, -0.05) is 90.6 Å². The fourth-order valence-corrected chi connectivity index (χ4v) is 5.38. The van der Waals surface area contributed by atoms with E-state index >= 15 is 0 Å². The van der Waals surface area contributed by atoms with Crippen molar-refractivity contribution in [2.24, 2.45) is 0 Å². The SMILES string of the molecule is C[C@H](NC(=O)OCc1ccccc1)C(=O)SC[C@H](NC(=O)CNC(=O)OCC1c2ccccc2-c2ccccc21)C(=O)O. The number of carboxylic acid groups (broad SMARTS) is 1. The summed E-state index contributed by atoms with van der Waals surface area (Å²) in [6.45, 7) is 0.998. The van der Waals surface area contributed by atoms with E-state index in [2.05, 4.69) is 16.0 Å². The minimum Gasteiger partial charge on any atom is -0.480 e. The number of thioether (sulfide) groups is 1. The first-order valence-electron chi connectivity index (χ1n) is 13.5. The first-order valence-corrected chi connectivity index (χ1v) is 14.5. The molecule has 0 bridgehead atoms. The van der Waals surface area contributed by atoms with Gasteiger partial charge in [-0.15, -0.1) is 0 Å². The molecule has 2 atom stereocenters. The van der Waals surface area contributed by atoms with Crippen LogP contribution < -0.4 is 16.0 Å². The summed E-state index contributed by atoms with van der Waals surface area (Å²) in [5, 5.41) is 16.0. The van der Waals surface area contributed by atoms with Crippen molar-refractivity contribution in [3.05, 3.63) is 95.6 Å². The minimum absolute atomic E-state index is 0.0257. The summed E-state index contributed by atoms with van der Waals surface area (Å²) in [7, 11) is 0. The van der Waals surface area contributed by atoms with Crippen LogP contribution in [0.15, 0.2) is 78.9 Å². The molecule has 0 heterocycles. The lowest BCUT2D eigenvalue weighted by Gasteiger charge is -2.17. The number of fused-ring (bicyclic) bond motifs is 3. The largest absolute Gasteiger partial charge is 0.480 e. The molecule has 3 amide bonds. The zero-order valence-corrected chi connectivity index (χ0v) is 24.1. The number of hydrogen-bond donors (Lipinski definition) is 4. The van der Waals surface area contributed by atoms with Gasteiger partial charge in [-0.3, -0.25) is 9.59 Å². The number of nitrogens with one attached hydrogen (secondary N) is 3. The van der Waals surface area contributed by atoms with Crippen LogP contribution in [0.5, 0.6) is 0 Å². The van der Waals surface area contributed by atoms with Crippen molar-refractivity contribution in [3.63, 3.8) is 0 Å². The Morgan fingerprint density at radius 3 is 2.05 bits per heavy atom. The van der Waals surface area contributed by atoms with Gasteiger partial charge >= 0.3 is 18.2 Å². The molecule has 3 aromatic rings. The monoisotopic (exact) mass is 605 g/mol. The van der Waals surface area contributed by atoms with Crippen molar-refractivity contribution in [2.75, 3.05) is 18.9 Å². The Bertz CT molecular complexity index is 1440. The molecule has 11 nitrogen and oxygen atoms in total. The Morgan fingerprint density at radius 1 is 0.814 bits per heavy atom. The van der Waals surface area contributed by atoms with Crippen LogP contribution in [0.25, 0.3) is 11.1 Å². The second-order valence-electron chi connectivity index (χ2n) is 9.70. The van der Waals surface area contributed by atoms with E-state index in [0.717, 1.165) is 27.8 Å². The molecule has 3 aromatic carbocycles. The molecule has 0 unspecified atom stereocenters. The van der Waals surface area contributed by atoms with Crippen molar-refractivity contribution < 1.29 is 38.6 Å². The third-order valence-corrected chi connectivity index (χ3v) is 7.80. The summed E-state index contributed by atoms with van der Waals surface area (Å²) < 4.78 is 10.5. The third-order valence-electron chi connectivity index (χ3n) is 6.66. The van der Waals surface area contributed by atoms with Crippen LogP contribution in [0.2, 0.25) is 0 Å². The summed E-state index contributed by atoms with van der Waals surface area (Å²) >= 11 is 0.638. The molecule has 0 saturated heterocycles. The van der Waals surface area contributed by atoms with E-state index in [9.17, 15) is 29.1 Å². The number of ether oxygens (including phenoxy) is 2. The average Bonchev–Trinajstić information content (AvgIpc) is 3.33. The van der Waals surface area contributed by atoms with Gasteiger partial charge in [-0.05, 0) is 34.7 Å². The van der Waals surface area contributed by atoms with Crippen LogP contribution in [-0.4, -0.2) is 65.3 Å². The summed E-state index contributed by atoms with van der Waals surface area (Å²) in [6, 6.07) is 22.4. The summed E-state index contributed by atoms with van der Waals surface area (Å²) in [6.07, 6.45) is -1.62. The molecule has 4 N–H and O–H groups in total. The van der Waals surface area contributed by atoms with Crippen molar-refractivity contribution in [1.29, 1.82) is 0 Å². The molecular weight excluding hydrogens is 574 g/mol. The number of aliphatic carboxylic acids is 1. The van der Waals surface area contributed by atoms with Crippen LogP contribution in [0.3, 0.4) is 0 Å². The van der Waals surface area contributed by atoms with E-state index < -0.39 is 47.8 Å². The molecule has 1 aliphatic rings. The van der Waals surface area contributed by atoms with Crippen LogP contribution in [0, 0.1) is 0 Å². The number of carbonyl (C=O) groups excluding carboxylic acids is 4. The topological polar surface area (TPSA) is 160 Å². The number of rotatable bonds is 12. The van der Waals surface area contributed by atoms with Crippen LogP contribution in [-0.2, 0) is 30.5 Å². The predicted octanol–water partition coefficient (Wildman–Crippen LogP) is 3.67. The number of benzene rings is 3. The zero-order valence-electron chi connectivity index (χ0n) is 23.3. The van der Waals surface area contributed by atoms with E-state index in [4.69, 9.17) is 9.47 Å². The normalized spacial score (nSPS) is 13.0. The van der Waals surface area contributed by atoms with Gasteiger partial charge in [0.1, 0.15) is 25.8 Å². The Morgan fingerprint density at radius 2 is 1.42 bits per heavy atom. The molecule has 0 aromatic heterocycles. The Hall–Kier alpha value is -4.84. The summed E-state index contributed by atoms with van der Waals surface area (Å²) in [5.74, 6) is -2.58. The standard InChI is InChI=1S/C31H31N3O8S/c1-19(33-31(40)41-16-20-9-3-2-4-10-20)29(38)43-18-26(28(36)37)34-27(35)15-32-30(39)42-17-25-23-13-7-5-11-21(23)22-12-6-8-14-24(22)25/h2-14,19,25-26H,15-18H2,1H3,(H,32,39)(H,33,40)(H,34,35)(H,36,37)/t19-,26-/m0/s1. The van der Waals surface area contributed by atoms with E-state index in [1.165, 1.54) is 6.92 Å². The summed E-state index contributed by atoms with van der Waals surface area (Å²) in [5.41, 5.74) is 5.02. The van der Waals surface area contributed by atoms with E-state index in [1.54, 1.807) is 24.3 Å². The number of carboxylic acids is 1. The highest BCUT2D eigenvalue weighted by Crippen LogP contribution is 2.44. The van der Waals surface area contributed by atoms with Gasteiger partial charge < -0.3 is 30.5 Å². The molecule has 0 radical (unpaired) electrons. The first-order chi connectivity index (χ1) is 20.7. The smallest absolute Gasteiger partial charge is 0.408 e. The van der Waals surface area contributed by atoms with Gasteiger partial charge in [0.2, 0.25) is 11.0 Å². The van der Waals surface area contributed by atoms with Gasteiger partial charge in [0, 0.05) is 11.7 Å². The third kappa shape index (κ3) is 8.58. The van der Waals surface area contributed by atoms with E-state index in [1.807, 2.05) is 54.6 Å². The molecule has 0 aliphatic heterocycles. The maximum atomic E-state index is 12.4. The van der Waals surface area contributed by atoms with Gasteiger partial charge in [0.05, 0.1) is 6.04 Å². The van der Waals surface area contributed by atoms with Gasteiger partial charge in [0.15, 0.2) is 0 Å². The highest BCUT2D eigenvalue weighted by molar-refractivity contribution is 8.13. The van der Waals surface area contributed by atoms with Crippen molar-refractivity contribution >= 4 is 40.9 Å². The Labute approximate surface area is 252 Å². The molecular formula is C31H31N3O8S. The molecule has 12 heteroatoms. The van der Waals surface area contributed by atoms with Crippen LogP contribution >= 0.6 is 11.8 Å². The zero-order chi connectivity index (χ0) is 30.8. The summed E-state index contributed by atoms with van der Waals surface area (Å²) in [4.78, 5) is 60.8. The van der Waals surface area contributed by atoms with Gasteiger partial charge in [0.25, 0.3) is 0 Å². The van der Waals surface area contributed by atoms with Gasteiger partial charge in [-0.2, -0.15) is 0 Å². The molecule has 0 saturated carbocycles. The molecule has 4 rings (SSSR count). The number of carbonyl (C=O) groups is 5. The van der Waals surface area contributed by atoms with Crippen LogP contribution in [0.4, 0.5) is 9.59 Å². The highest BCUT2D eigenvalue weighted by atomic mass is 32.2. The average molecular weight is 606 g/mol. The van der Waals surface area contributed by atoms with Crippen LogP contribution in [0.1, 0.15) is 29.5 Å². The first kappa shape index (κ1) is 31.1. The maximum Gasteiger partial charge on any atom is 0.408 e. The van der Waals surface area contributed by atoms with Crippen molar-refractivity contribution in [1.82, 2.24) is 16.0 Å². The number of hydrogen-bond acceptors (Lipinski definition) is 8. The van der Waals surface area contributed by atoms with Crippen molar-refractivity contribution in [2.45, 2.75) is 31.5 Å². The quantitative estimate of drug-likeness (QED) is 0.242. The van der Waals surface area contributed by atoms with Crippen molar-refractivity contribution in [3.8, 4) is 11.1 Å². The Kier molecular flexibility index (Phi) is 10.8. The van der Waals surface area contributed by atoms with Gasteiger partial charge in [-0.25, -0.2) is 14.4 Å². The Balaban J connectivity index is 1.17. The molecule has 0 spiro atoms. The van der Waals surface area contributed by atoms with E-state index in [0.29, 0.717) is 11.8 Å².